The maximum Gasteiger partial charge on any atom is 0.253 e. The average Bonchev–Trinajstić information content (AvgIpc) is 2.77. The van der Waals surface area contributed by atoms with Crippen LogP contribution in [0.4, 0.5) is 5.69 Å². The Labute approximate surface area is 186 Å². The van der Waals surface area contributed by atoms with Crippen molar-refractivity contribution in [3.8, 4) is 0 Å². The summed E-state index contributed by atoms with van der Waals surface area (Å²) in [7, 11) is 0. The van der Waals surface area contributed by atoms with Gasteiger partial charge in [-0.3, -0.25) is 14.4 Å². The Morgan fingerprint density at radius 2 is 1.55 bits per heavy atom. The second kappa shape index (κ2) is 10.3. The lowest BCUT2D eigenvalue weighted by atomic mass is 9.89. The summed E-state index contributed by atoms with van der Waals surface area (Å²) in [4.78, 5) is 39.3. The molecule has 1 saturated carbocycles. The van der Waals surface area contributed by atoms with Crippen LogP contribution in [0.25, 0.3) is 0 Å². The molecule has 3 rings (SSSR count). The summed E-state index contributed by atoms with van der Waals surface area (Å²) in [6, 6.07) is 7.04. The van der Waals surface area contributed by atoms with Crippen molar-refractivity contribution in [2.75, 3.05) is 25.0 Å². The van der Waals surface area contributed by atoms with Gasteiger partial charge in [0.2, 0.25) is 11.8 Å². The molecular weight excluding hydrogens is 390 g/mol. The molecule has 2 aliphatic rings. The normalized spacial score (nSPS) is 18.5. The Morgan fingerprint density at radius 3 is 2.13 bits per heavy atom. The van der Waals surface area contributed by atoms with Gasteiger partial charge in [-0.05, 0) is 55.9 Å². The number of anilines is 1. The van der Waals surface area contributed by atoms with Gasteiger partial charge in [-0.15, -0.1) is 0 Å². The molecule has 0 atom stereocenters. The fraction of sp³-hybridized carbons (Fsp3) is 0.640. The minimum Gasteiger partial charge on any atom is -0.356 e. The number of rotatable bonds is 5. The third-order valence-electron chi connectivity index (χ3n) is 6.51. The van der Waals surface area contributed by atoms with Crippen LogP contribution in [0.3, 0.4) is 0 Å². The molecule has 6 nitrogen and oxygen atoms in total. The molecule has 1 saturated heterocycles. The van der Waals surface area contributed by atoms with E-state index in [1.165, 1.54) is 32.1 Å². The van der Waals surface area contributed by atoms with Gasteiger partial charge in [0, 0.05) is 42.2 Å². The van der Waals surface area contributed by atoms with E-state index in [9.17, 15) is 14.4 Å². The highest BCUT2D eigenvalue weighted by Crippen LogP contribution is 2.24. The van der Waals surface area contributed by atoms with E-state index < -0.39 is 5.41 Å². The maximum absolute atomic E-state index is 12.8. The van der Waals surface area contributed by atoms with Crippen molar-refractivity contribution in [1.82, 2.24) is 10.2 Å². The number of carbonyl (C=O) groups excluding carboxylic acids is 3. The quantitative estimate of drug-likeness (QED) is 0.738. The molecule has 1 aromatic carbocycles. The second-order valence-corrected chi connectivity index (χ2v) is 10.1. The lowest BCUT2D eigenvalue weighted by Gasteiger charge is -2.32. The predicted octanol–water partition coefficient (Wildman–Crippen LogP) is 4.22. The molecule has 0 unspecified atom stereocenters. The zero-order valence-electron chi connectivity index (χ0n) is 19.2. The van der Waals surface area contributed by atoms with Crippen LogP contribution in [0.5, 0.6) is 0 Å². The number of benzene rings is 1. The Kier molecular flexibility index (Phi) is 7.74. The van der Waals surface area contributed by atoms with E-state index in [-0.39, 0.29) is 23.6 Å². The summed E-state index contributed by atoms with van der Waals surface area (Å²) in [6.07, 6.45) is 7.77. The SMILES string of the molecule is CC(C)(C)C(=O)Nc1ccc(C(=O)N2CCC(C(=O)NCC3CCCCC3)CC2)cc1. The van der Waals surface area contributed by atoms with Crippen molar-refractivity contribution in [3.63, 3.8) is 0 Å². The highest BCUT2D eigenvalue weighted by Gasteiger charge is 2.28. The molecule has 0 spiro atoms. The molecular formula is C25H37N3O3. The van der Waals surface area contributed by atoms with Gasteiger partial charge in [0.25, 0.3) is 5.91 Å². The Morgan fingerprint density at radius 1 is 0.935 bits per heavy atom. The minimum atomic E-state index is -0.471. The van der Waals surface area contributed by atoms with Gasteiger partial charge in [-0.1, -0.05) is 40.0 Å². The van der Waals surface area contributed by atoms with Gasteiger partial charge in [-0.25, -0.2) is 0 Å². The van der Waals surface area contributed by atoms with E-state index in [0.29, 0.717) is 43.1 Å². The van der Waals surface area contributed by atoms with Crippen LogP contribution in [0, 0.1) is 17.3 Å². The molecule has 1 aliphatic carbocycles. The highest BCUT2D eigenvalue weighted by molar-refractivity contribution is 5.97. The van der Waals surface area contributed by atoms with Crippen LogP contribution < -0.4 is 10.6 Å². The average molecular weight is 428 g/mol. The predicted molar refractivity (Wildman–Crippen MR) is 123 cm³/mol. The summed E-state index contributed by atoms with van der Waals surface area (Å²) in [5.74, 6) is 0.708. The zero-order chi connectivity index (χ0) is 22.4. The van der Waals surface area contributed by atoms with Crippen molar-refractivity contribution < 1.29 is 14.4 Å². The van der Waals surface area contributed by atoms with Gasteiger partial charge in [0.05, 0.1) is 0 Å². The number of carbonyl (C=O) groups is 3. The van der Waals surface area contributed by atoms with Gasteiger partial charge in [0.15, 0.2) is 0 Å². The lowest BCUT2D eigenvalue weighted by molar-refractivity contribution is -0.126. The number of nitrogens with zero attached hydrogens (tertiary/aromatic N) is 1. The molecule has 2 fully saturated rings. The van der Waals surface area contributed by atoms with Crippen LogP contribution in [-0.2, 0) is 9.59 Å². The number of hydrogen-bond donors (Lipinski definition) is 2. The standard InChI is InChI=1S/C25H37N3O3/c1-25(2,3)24(31)27-21-11-9-20(10-12-21)23(30)28-15-13-19(14-16-28)22(29)26-17-18-7-5-4-6-8-18/h9-12,18-19H,4-8,13-17H2,1-3H3,(H,26,29)(H,27,31). The zero-order valence-corrected chi connectivity index (χ0v) is 19.2. The third-order valence-corrected chi connectivity index (χ3v) is 6.51. The van der Waals surface area contributed by atoms with E-state index in [0.717, 1.165) is 6.54 Å². The van der Waals surface area contributed by atoms with E-state index in [4.69, 9.17) is 0 Å². The minimum absolute atomic E-state index is 0.00243. The number of piperidine rings is 1. The molecule has 1 aromatic rings. The number of nitrogens with one attached hydrogen (secondary N) is 2. The summed E-state index contributed by atoms with van der Waals surface area (Å²) in [6.45, 7) is 7.59. The lowest BCUT2D eigenvalue weighted by Crippen LogP contribution is -2.43. The number of hydrogen-bond acceptors (Lipinski definition) is 3. The van der Waals surface area contributed by atoms with Crippen molar-refractivity contribution in [3.05, 3.63) is 29.8 Å². The van der Waals surface area contributed by atoms with Crippen molar-refractivity contribution in [2.45, 2.75) is 65.7 Å². The van der Waals surface area contributed by atoms with Crippen molar-refractivity contribution >= 4 is 23.4 Å². The number of amides is 3. The van der Waals surface area contributed by atoms with Crippen molar-refractivity contribution in [2.24, 2.45) is 17.3 Å². The molecule has 6 heteroatoms. The second-order valence-electron chi connectivity index (χ2n) is 10.1. The topological polar surface area (TPSA) is 78.5 Å². The Bertz CT molecular complexity index is 768. The monoisotopic (exact) mass is 427 g/mol. The van der Waals surface area contributed by atoms with Crippen LogP contribution in [0.15, 0.2) is 24.3 Å². The molecule has 0 radical (unpaired) electrons. The Hall–Kier alpha value is -2.37. The van der Waals surface area contributed by atoms with Gasteiger partial charge >= 0.3 is 0 Å². The summed E-state index contributed by atoms with van der Waals surface area (Å²) in [5.41, 5.74) is 0.820. The van der Waals surface area contributed by atoms with E-state index in [1.54, 1.807) is 24.3 Å². The molecule has 170 valence electrons. The third kappa shape index (κ3) is 6.55. The summed E-state index contributed by atoms with van der Waals surface area (Å²) >= 11 is 0. The largest absolute Gasteiger partial charge is 0.356 e. The van der Waals surface area contributed by atoms with Crippen LogP contribution in [0.2, 0.25) is 0 Å². The first-order valence-electron chi connectivity index (χ1n) is 11.7. The summed E-state index contributed by atoms with van der Waals surface area (Å²) in [5, 5.41) is 6.03. The molecule has 0 aromatic heterocycles. The highest BCUT2D eigenvalue weighted by atomic mass is 16.2. The van der Waals surface area contributed by atoms with E-state index >= 15 is 0 Å². The first-order valence-corrected chi connectivity index (χ1v) is 11.7. The first-order chi connectivity index (χ1) is 14.7. The van der Waals surface area contributed by atoms with E-state index in [1.807, 2.05) is 25.7 Å². The smallest absolute Gasteiger partial charge is 0.253 e. The molecule has 2 N–H and O–H groups in total. The fourth-order valence-corrected chi connectivity index (χ4v) is 4.32. The first kappa shape index (κ1) is 23.3. The van der Waals surface area contributed by atoms with Crippen LogP contribution in [0.1, 0.15) is 76.1 Å². The van der Waals surface area contributed by atoms with E-state index in [2.05, 4.69) is 10.6 Å². The van der Waals surface area contributed by atoms with Gasteiger partial charge in [-0.2, -0.15) is 0 Å². The van der Waals surface area contributed by atoms with Crippen LogP contribution >= 0.6 is 0 Å². The summed E-state index contributed by atoms with van der Waals surface area (Å²) < 4.78 is 0. The molecule has 1 heterocycles. The maximum atomic E-state index is 12.8. The van der Waals surface area contributed by atoms with Crippen LogP contribution in [-0.4, -0.2) is 42.3 Å². The fourth-order valence-electron chi connectivity index (χ4n) is 4.32. The Balaban J connectivity index is 1.45. The van der Waals surface area contributed by atoms with Crippen molar-refractivity contribution in [1.29, 1.82) is 0 Å². The van der Waals surface area contributed by atoms with Gasteiger partial charge in [0.1, 0.15) is 0 Å². The molecule has 1 aliphatic heterocycles. The molecule has 3 amide bonds. The molecule has 0 bridgehead atoms. The molecule has 31 heavy (non-hydrogen) atoms. The number of likely N-dealkylation sites (tertiary alicyclic amines) is 1. The van der Waals surface area contributed by atoms with Gasteiger partial charge < -0.3 is 15.5 Å².